The van der Waals surface area contributed by atoms with E-state index in [-0.39, 0.29) is 10.6 Å². The molecule has 0 bridgehead atoms. The van der Waals surface area contributed by atoms with Crippen LogP contribution in [-0.2, 0) is 16.6 Å². The van der Waals surface area contributed by atoms with Crippen LogP contribution in [0.5, 0.6) is 0 Å². The van der Waals surface area contributed by atoms with Crippen LogP contribution in [0, 0.1) is 10.1 Å². The van der Waals surface area contributed by atoms with Gasteiger partial charge in [-0.25, -0.2) is 8.42 Å². The van der Waals surface area contributed by atoms with Gasteiger partial charge in [0.15, 0.2) is 0 Å². The highest BCUT2D eigenvalue weighted by atomic mass is 35.5. The van der Waals surface area contributed by atoms with E-state index in [1.807, 2.05) is 12.1 Å². The summed E-state index contributed by atoms with van der Waals surface area (Å²) in [5, 5.41) is 10.7. The van der Waals surface area contributed by atoms with Crippen molar-refractivity contribution in [3.63, 3.8) is 0 Å². The number of quaternary nitrogens is 1. The molecule has 10 heteroatoms. The number of piperazine rings is 1. The van der Waals surface area contributed by atoms with Crippen LogP contribution in [0.15, 0.2) is 41.3 Å². The molecule has 3 rings (SSSR count). The Morgan fingerprint density at radius 1 is 1.16 bits per heavy atom. The molecule has 134 valence electrons. The minimum atomic E-state index is -3.62. The summed E-state index contributed by atoms with van der Waals surface area (Å²) in [6, 6.07) is 8.89. The fourth-order valence-corrected chi connectivity index (χ4v) is 5.40. The molecule has 1 fully saturated rings. The van der Waals surface area contributed by atoms with Gasteiger partial charge in [0.1, 0.15) is 6.54 Å². The highest BCUT2D eigenvalue weighted by Crippen LogP contribution is 2.21. The molecule has 2 heterocycles. The molecule has 25 heavy (non-hydrogen) atoms. The molecule has 0 spiro atoms. The number of nitro groups is 1. The predicted molar refractivity (Wildman–Crippen MR) is 95.6 cm³/mol. The van der Waals surface area contributed by atoms with E-state index in [1.54, 1.807) is 11.3 Å². The number of halogens is 1. The molecule has 1 aliphatic rings. The van der Waals surface area contributed by atoms with Crippen LogP contribution in [0.4, 0.5) is 5.69 Å². The standard InChI is InChI=1S/C15H16ClN3O4S2/c16-15-6-3-13(24-15)11-17-7-9-18(10-8-17)25(22,23)14-4-1-12(2-5-14)19(20)21/h1-6H,7-11H2/p+1. The van der Waals surface area contributed by atoms with Crippen molar-refractivity contribution >= 4 is 38.6 Å². The summed E-state index contributed by atoms with van der Waals surface area (Å²) in [5.41, 5.74) is -0.122. The van der Waals surface area contributed by atoms with Crippen molar-refractivity contribution in [2.45, 2.75) is 11.4 Å². The topological polar surface area (TPSA) is 85.0 Å². The smallest absolute Gasteiger partial charge is 0.269 e. The first-order chi connectivity index (χ1) is 11.9. The summed E-state index contributed by atoms with van der Waals surface area (Å²) < 4.78 is 27.5. The van der Waals surface area contributed by atoms with Gasteiger partial charge in [0.2, 0.25) is 10.0 Å². The molecule has 0 aliphatic carbocycles. The van der Waals surface area contributed by atoms with E-state index < -0.39 is 14.9 Å². The Kier molecular flexibility index (Phi) is 5.40. The lowest BCUT2D eigenvalue weighted by Gasteiger charge is -2.31. The second kappa shape index (κ2) is 7.38. The van der Waals surface area contributed by atoms with E-state index in [2.05, 4.69) is 0 Å². The third-order valence-electron chi connectivity index (χ3n) is 4.17. The highest BCUT2D eigenvalue weighted by molar-refractivity contribution is 7.89. The Morgan fingerprint density at radius 3 is 2.32 bits per heavy atom. The summed E-state index contributed by atoms with van der Waals surface area (Å²) in [7, 11) is -3.62. The summed E-state index contributed by atoms with van der Waals surface area (Å²) in [4.78, 5) is 12.7. The van der Waals surface area contributed by atoms with Crippen molar-refractivity contribution in [3.8, 4) is 0 Å². The lowest BCUT2D eigenvalue weighted by atomic mass is 10.3. The van der Waals surface area contributed by atoms with E-state index in [0.717, 1.165) is 10.9 Å². The van der Waals surface area contributed by atoms with Gasteiger partial charge in [-0.1, -0.05) is 11.6 Å². The Labute approximate surface area is 154 Å². The van der Waals surface area contributed by atoms with Crippen molar-refractivity contribution < 1.29 is 18.2 Å². The SMILES string of the molecule is O=[N+]([O-])c1ccc(S(=O)(=O)N2CC[NH+](Cc3ccc(Cl)s3)CC2)cc1. The molecule has 1 aromatic heterocycles. The lowest BCUT2D eigenvalue weighted by Crippen LogP contribution is -3.13. The van der Waals surface area contributed by atoms with Gasteiger partial charge in [-0.15, -0.1) is 11.3 Å². The van der Waals surface area contributed by atoms with Crippen LogP contribution in [0.25, 0.3) is 0 Å². The number of benzene rings is 1. The molecule has 1 aromatic carbocycles. The van der Waals surface area contributed by atoms with Crippen molar-refractivity contribution in [2.24, 2.45) is 0 Å². The van der Waals surface area contributed by atoms with Crippen molar-refractivity contribution in [3.05, 3.63) is 55.7 Å². The molecule has 1 aliphatic heterocycles. The van der Waals surface area contributed by atoms with Crippen LogP contribution in [0.3, 0.4) is 0 Å². The maximum atomic E-state index is 12.7. The summed E-state index contributed by atoms with van der Waals surface area (Å²) >= 11 is 7.49. The minimum Gasteiger partial charge on any atom is -0.328 e. The molecule has 0 amide bonds. The molecular weight excluding hydrogens is 386 g/mol. The monoisotopic (exact) mass is 402 g/mol. The highest BCUT2D eigenvalue weighted by Gasteiger charge is 2.30. The average Bonchev–Trinajstić information content (AvgIpc) is 3.00. The Morgan fingerprint density at radius 2 is 1.80 bits per heavy atom. The Bertz CT molecular complexity index is 859. The number of hydrogen-bond donors (Lipinski definition) is 1. The van der Waals surface area contributed by atoms with Gasteiger partial charge < -0.3 is 4.90 Å². The second-order valence-corrected chi connectivity index (χ2v) is 9.53. The molecule has 0 atom stereocenters. The van der Waals surface area contributed by atoms with Crippen LogP contribution < -0.4 is 4.90 Å². The maximum Gasteiger partial charge on any atom is 0.269 e. The van der Waals surface area contributed by atoms with Gasteiger partial charge in [0.25, 0.3) is 5.69 Å². The number of rotatable bonds is 5. The second-order valence-electron chi connectivity index (χ2n) is 5.79. The van der Waals surface area contributed by atoms with Crippen molar-refractivity contribution in [1.29, 1.82) is 0 Å². The quantitative estimate of drug-likeness (QED) is 0.605. The van der Waals surface area contributed by atoms with Crippen LogP contribution >= 0.6 is 22.9 Å². The van der Waals surface area contributed by atoms with Gasteiger partial charge in [-0.3, -0.25) is 10.1 Å². The van der Waals surface area contributed by atoms with E-state index in [9.17, 15) is 18.5 Å². The molecule has 7 nitrogen and oxygen atoms in total. The fourth-order valence-electron chi connectivity index (χ4n) is 2.80. The lowest BCUT2D eigenvalue weighted by molar-refractivity contribution is -0.917. The number of nitro benzene ring substituents is 1. The summed E-state index contributed by atoms with van der Waals surface area (Å²) in [5.74, 6) is 0. The number of hydrogen-bond acceptors (Lipinski definition) is 5. The fraction of sp³-hybridized carbons (Fsp3) is 0.333. The van der Waals surface area contributed by atoms with Gasteiger partial charge in [0.05, 0.1) is 45.2 Å². The van der Waals surface area contributed by atoms with Crippen LogP contribution in [-0.4, -0.2) is 43.8 Å². The Hall–Kier alpha value is -1.52. The largest absolute Gasteiger partial charge is 0.328 e. The number of nitrogens with one attached hydrogen (secondary N) is 1. The summed E-state index contributed by atoms with van der Waals surface area (Å²) in [6.07, 6.45) is 0. The maximum absolute atomic E-state index is 12.7. The molecule has 2 aromatic rings. The summed E-state index contributed by atoms with van der Waals surface area (Å²) in [6.45, 7) is 3.10. The van der Waals surface area contributed by atoms with Gasteiger partial charge >= 0.3 is 0 Å². The average molecular weight is 403 g/mol. The van der Waals surface area contributed by atoms with E-state index in [1.165, 1.54) is 38.3 Å². The first-order valence-electron chi connectivity index (χ1n) is 7.68. The van der Waals surface area contributed by atoms with E-state index in [4.69, 9.17) is 11.6 Å². The number of thiophene rings is 1. The molecule has 1 saturated heterocycles. The first-order valence-corrected chi connectivity index (χ1v) is 10.3. The third kappa shape index (κ3) is 4.18. The molecule has 0 radical (unpaired) electrons. The third-order valence-corrected chi connectivity index (χ3v) is 7.31. The Balaban J connectivity index is 1.63. The van der Waals surface area contributed by atoms with Crippen LogP contribution in [0.1, 0.15) is 4.88 Å². The minimum absolute atomic E-state index is 0.0894. The molecular formula is C15H17ClN3O4S2+. The molecule has 0 saturated carbocycles. The zero-order chi connectivity index (χ0) is 18.0. The van der Waals surface area contributed by atoms with E-state index in [0.29, 0.717) is 26.2 Å². The van der Waals surface area contributed by atoms with Crippen LogP contribution in [0.2, 0.25) is 4.34 Å². The van der Waals surface area contributed by atoms with Gasteiger partial charge in [0, 0.05) is 12.1 Å². The van der Waals surface area contributed by atoms with Gasteiger partial charge in [-0.05, 0) is 24.3 Å². The van der Waals surface area contributed by atoms with E-state index >= 15 is 0 Å². The molecule has 1 N–H and O–H groups in total. The van der Waals surface area contributed by atoms with Crippen molar-refractivity contribution in [2.75, 3.05) is 26.2 Å². The number of sulfonamides is 1. The first kappa shape index (κ1) is 18.3. The zero-order valence-corrected chi connectivity index (χ0v) is 15.6. The van der Waals surface area contributed by atoms with Gasteiger partial charge in [-0.2, -0.15) is 4.31 Å². The number of nitrogens with zero attached hydrogens (tertiary/aromatic N) is 2. The zero-order valence-electron chi connectivity index (χ0n) is 13.2. The number of non-ortho nitro benzene ring substituents is 1. The normalized spacial score (nSPS) is 16.8. The predicted octanol–water partition coefficient (Wildman–Crippen LogP) is 1.40. The molecule has 0 unspecified atom stereocenters. The van der Waals surface area contributed by atoms with Crippen molar-refractivity contribution in [1.82, 2.24) is 4.31 Å².